The number of hydrogen-bond donors (Lipinski definition) is 0. The molecule has 0 saturated heterocycles. The van der Waals surface area contributed by atoms with Crippen molar-refractivity contribution in [3.05, 3.63) is 136 Å². The van der Waals surface area contributed by atoms with Gasteiger partial charge < -0.3 is 42.3 Å². The molecule has 17 nitrogen and oxygen atoms in total. The molecule has 5 rings (SSSR count). The summed E-state index contributed by atoms with van der Waals surface area (Å²) >= 11 is 3.38. The Hall–Kier alpha value is -7.60. The van der Waals surface area contributed by atoms with Crippen molar-refractivity contribution in [1.82, 2.24) is 4.98 Å². The molecule has 63 heavy (non-hydrogen) atoms. The average molecular weight is 929 g/mol. The van der Waals surface area contributed by atoms with E-state index in [2.05, 4.69) is 34.1 Å². The Kier molecular flexibility index (Phi) is 16.9. The van der Waals surface area contributed by atoms with Crippen LogP contribution in [0.25, 0.3) is 22.4 Å². The predicted molar refractivity (Wildman–Crippen MR) is 226 cm³/mol. The molecular weight excluding hydrogens is 890 g/mol. The maximum Gasteiger partial charge on any atom is 0.513 e. The lowest BCUT2D eigenvalue weighted by Crippen LogP contribution is -2.13. The number of nitrogens with zero attached hydrogens (tertiary/aromatic N) is 1. The minimum Gasteiger partial charge on any atom is -0.463 e. The van der Waals surface area contributed by atoms with Crippen LogP contribution in [0.1, 0.15) is 52.0 Å². The molecule has 0 spiro atoms. The molecule has 0 fully saturated rings. The van der Waals surface area contributed by atoms with E-state index in [1.807, 2.05) is 0 Å². The zero-order valence-electron chi connectivity index (χ0n) is 33.6. The number of halogens is 1. The quantitative estimate of drug-likeness (QED) is 0.0189. The summed E-state index contributed by atoms with van der Waals surface area (Å²) in [4.78, 5) is 89.6. The SMILES string of the molecule is C=CC(=O)OCCCCOC(=O)Oc1ccc(C(=O)Oc2cc3c(=O)oc(-c4ccc(OC(=O)c5ccc(OC(=O)OCCCCOC(=O)C=C)cc5)c(Br)c4)nc3cc2C)cc1. The largest absolute Gasteiger partial charge is 0.513 e. The first-order valence-corrected chi connectivity index (χ1v) is 19.8. The third-order valence-corrected chi connectivity index (χ3v) is 9.05. The lowest BCUT2D eigenvalue weighted by molar-refractivity contribution is -0.138. The number of fused-ring (bicyclic) bond motifs is 1. The number of rotatable bonds is 19. The number of ether oxygens (including phenoxy) is 8. The number of aryl methyl sites for hydroxylation is 1. The van der Waals surface area contributed by atoms with Gasteiger partial charge in [0, 0.05) is 17.7 Å². The van der Waals surface area contributed by atoms with Gasteiger partial charge in [-0.15, -0.1) is 0 Å². The third kappa shape index (κ3) is 14.0. The van der Waals surface area contributed by atoms with Crippen LogP contribution in [0.5, 0.6) is 23.0 Å². The average Bonchev–Trinajstić information content (AvgIpc) is 3.27. The topological polar surface area (TPSA) is 219 Å². The molecule has 0 atom stereocenters. The standard InChI is InChI=1S/C45H38BrNO16/c1-4-38(48)55-20-6-8-22-57-44(53)59-31-15-10-28(11-16-31)41(50)61-36-19-14-30(25-34(36)46)40-47-35-24-27(3)37(26-33(35)43(52)63-40)62-42(51)29-12-17-32(18-13-29)60-45(54)58-23-9-7-21-56-39(49)5-2/h4-5,10-19,24-26H,1-2,6-9,20-23H2,3H3. The fourth-order valence-electron chi connectivity index (χ4n) is 5.22. The fourth-order valence-corrected chi connectivity index (χ4v) is 5.68. The minimum atomic E-state index is -0.950. The van der Waals surface area contributed by atoms with E-state index in [1.54, 1.807) is 19.1 Å². The van der Waals surface area contributed by atoms with Crippen molar-refractivity contribution in [2.24, 2.45) is 0 Å². The summed E-state index contributed by atoms with van der Waals surface area (Å²) in [5.74, 6) is -2.07. The number of carbonyl (C=O) groups is 6. The van der Waals surface area contributed by atoms with Crippen LogP contribution in [0.15, 0.2) is 118 Å². The molecule has 5 aromatic rings. The van der Waals surface area contributed by atoms with Gasteiger partial charge in [-0.25, -0.2) is 38.5 Å². The molecule has 4 aromatic carbocycles. The first kappa shape index (κ1) is 46.5. The van der Waals surface area contributed by atoms with E-state index in [1.165, 1.54) is 66.7 Å². The number of aromatic nitrogens is 1. The third-order valence-electron chi connectivity index (χ3n) is 8.43. The van der Waals surface area contributed by atoms with E-state index in [0.717, 1.165) is 12.2 Å². The molecule has 18 heteroatoms. The normalized spacial score (nSPS) is 10.5. The van der Waals surface area contributed by atoms with Gasteiger partial charge in [0.25, 0.3) is 0 Å². The summed E-state index contributed by atoms with van der Waals surface area (Å²) in [5.41, 5.74) is 0.654. The molecule has 0 aliphatic rings. The van der Waals surface area contributed by atoms with Gasteiger partial charge in [0.2, 0.25) is 5.89 Å². The highest BCUT2D eigenvalue weighted by Crippen LogP contribution is 2.32. The smallest absolute Gasteiger partial charge is 0.463 e. The first-order valence-electron chi connectivity index (χ1n) is 19.0. The molecule has 0 saturated carbocycles. The molecule has 0 amide bonds. The zero-order valence-corrected chi connectivity index (χ0v) is 35.2. The molecule has 0 radical (unpaired) electrons. The van der Waals surface area contributed by atoms with Crippen LogP contribution in [0.4, 0.5) is 9.59 Å². The molecule has 1 aromatic heterocycles. The Morgan fingerprint density at radius 2 is 1.10 bits per heavy atom. The van der Waals surface area contributed by atoms with E-state index in [4.69, 9.17) is 42.3 Å². The van der Waals surface area contributed by atoms with Crippen LogP contribution < -0.4 is 24.6 Å². The van der Waals surface area contributed by atoms with Crippen molar-refractivity contribution in [3.63, 3.8) is 0 Å². The second-order valence-corrected chi connectivity index (χ2v) is 13.8. The minimum absolute atomic E-state index is 0.0314. The molecule has 0 N–H and O–H groups in total. The van der Waals surface area contributed by atoms with Gasteiger partial charge in [-0.05, 0) is 133 Å². The fraction of sp³-hybridized carbons (Fsp3) is 0.200. The van der Waals surface area contributed by atoms with Crippen molar-refractivity contribution in [2.45, 2.75) is 32.6 Å². The van der Waals surface area contributed by atoms with E-state index >= 15 is 0 Å². The summed E-state index contributed by atoms with van der Waals surface area (Å²) in [6, 6.07) is 18.6. The van der Waals surface area contributed by atoms with Crippen LogP contribution >= 0.6 is 15.9 Å². The Bertz CT molecular complexity index is 2570. The van der Waals surface area contributed by atoms with E-state index < -0.39 is 41.8 Å². The van der Waals surface area contributed by atoms with Crippen molar-refractivity contribution < 1.29 is 71.1 Å². The zero-order chi connectivity index (χ0) is 45.3. The maximum atomic E-state index is 13.2. The van der Waals surface area contributed by atoms with Crippen LogP contribution in [0.2, 0.25) is 0 Å². The van der Waals surface area contributed by atoms with Gasteiger partial charge in [-0.1, -0.05) is 13.2 Å². The number of hydrogen-bond acceptors (Lipinski definition) is 17. The molecule has 1 heterocycles. The first-order chi connectivity index (χ1) is 30.3. The monoisotopic (exact) mass is 927 g/mol. The van der Waals surface area contributed by atoms with Gasteiger partial charge in [-0.2, -0.15) is 0 Å². The van der Waals surface area contributed by atoms with Gasteiger partial charge in [0.1, 0.15) is 23.0 Å². The Morgan fingerprint density at radius 3 is 1.57 bits per heavy atom. The van der Waals surface area contributed by atoms with Crippen molar-refractivity contribution in [3.8, 4) is 34.5 Å². The second-order valence-electron chi connectivity index (χ2n) is 13.0. The Morgan fingerprint density at radius 1 is 0.619 bits per heavy atom. The van der Waals surface area contributed by atoms with Gasteiger partial charge in [0.15, 0.2) is 0 Å². The van der Waals surface area contributed by atoms with Crippen molar-refractivity contribution in [1.29, 1.82) is 0 Å². The van der Waals surface area contributed by atoms with Crippen molar-refractivity contribution >= 4 is 63.0 Å². The maximum absolute atomic E-state index is 13.2. The molecule has 326 valence electrons. The molecule has 0 unspecified atom stereocenters. The van der Waals surface area contributed by atoms with E-state index in [0.29, 0.717) is 41.3 Å². The summed E-state index contributed by atoms with van der Waals surface area (Å²) in [5, 5.41) is 0.0470. The second kappa shape index (κ2) is 22.8. The van der Waals surface area contributed by atoms with Gasteiger partial charge in [0.05, 0.1) is 52.9 Å². The summed E-state index contributed by atoms with van der Waals surface area (Å²) in [6.45, 7) is 8.69. The van der Waals surface area contributed by atoms with E-state index in [-0.39, 0.29) is 77.3 Å². The molecule has 0 bridgehead atoms. The Balaban J connectivity index is 1.13. The number of benzene rings is 4. The summed E-state index contributed by atoms with van der Waals surface area (Å²) in [6.07, 6.45) is 2.06. The van der Waals surface area contributed by atoms with Crippen molar-refractivity contribution in [2.75, 3.05) is 26.4 Å². The summed E-state index contributed by atoms with van der Waals surface area (Å²) in [7, 11) is 0. The highest BCUT2D eigenvalue weighted by molar-refractivity contribution is 9.10. The number of esters is 4. The molecule has 0 aliphatic carbocycles. The molecule has 0 aliphatic heterocycles. The highest BCUT2D eigenvalue weighted by Gasteiger charge is 2.18. The van der Waals surface area contributed by atoms with Crippen LogP contribution in [-0.2, 0) is 28.5 Å². The van der Waals surface area contributed by atoms with Gasteiger partial charge >= 0.3 is 41.8 Å². The van der Waals surface area contributed by atoms with Gasteiger partial charge in [-0.3, -0.25) is 0 Å². The number of unbranched alkanes of at least 4 members (excludes halogenated alkanes) is 2. The lowest BCUT2D eigenvalue weighted by atomic mass is 10.1. The lowest BCUT2D eigenvalue weighted by Gasteiger charge is -2.11. The highest BCUT2D eigenvalue weighted by atomic mass is 79.9. The van der Waals surface area contributed by atoms with Crippen LogP contribution in [0.3, 0.4) is 0 Å². The number of carbonyl (C=O) groups excluding carboxylic acids is 6. The van der Waals surface area contributed by atoms with Crippen LogP contribution in [0, 0.1) is 6.92 Å². The van der Waals surface area contributed by atoms with E-state index in [9.17, 15) is 33.6 Å². The predicted octanol–water partition coefficient (Wildman–Crippen LogP) is 8.41. The Labute approximate surface area is 367 Å². The summed E-state index contributed by atoms with van der Waals surface area (Å²) < 4.78 is 46.9. The molecular formula is C45H38BrNO16. The van der Waals surface area contributed by atoms with Crippen LogP contribution in [-0.4, -0.2) is 67.6 Å².